The van der Waals surface area contributed by atoms with Crippen LogP contribution in [0.25, 0.3) is 6.08 Å². The smallest absolute Gasteiger partial charge is 0.290 e. The first-order chi connectivity index (χ1) is 11.6. The van der Waals surface area contributed by atoms with E-state index in [0.717, 1.165) is 48.9 Å². The van der Waals surface area contributed by atoms with Crippen molar-refractivity contribution in [2.75, 3.05) is 31.2 Å². The fourth-order valence-electron chi connectivity index (χ4n) is 3.25. The van der Waals surface area contributed by atoms with Crippen molar-refractivity contribution in [1.29, 1.82) is 0 Å². The van der Waals surface area contributed by atoms with Gasteiger partial charge in [-0.2, -0.15) is 0 Å². The molecule has 3 saturated heterocycles. The van der Waals surface area contributed by atoms with Crippen molar-refractivity contribution in [3.63, 3.8) is 0 Å². The summed E-state index contributed by atoms with van der Waals surface area (Å²) in [5.41, 5.74) is 2.05. The van der Waals surface area contributed by atoms with Crippen molar-refractivity contribution in [1.82, 2.24) is 5.32 Å². The Morgan fingerprint density at radius 2 is 1.75 bits per heavy atom. The van der Waals surface area contributed by atoms with Crippen LogP contribution in [0, 0.1) is 0 Å². The number of hydrogen-bond donors (Lipinski definition) is 1. The second kappa shape index (κ2) is 6.23. The van der Waals surface area contributed by atoms with Crippen LogP contribution in [0.4, 0.5) is 10.5 Å². The first kappa shape index (κ1) is 15.7. The second-order valence-corrected chi connectivity index (χ2v) is 7.05. The molecule has 0 bridgehead atoms. The van der Waals surface area contributed by atoms with E-state index in [2.05, 4.69) is 10.2 Å². The lowest BCUT2D eigenvalue weighted by molar-refractivity contribution is -0.169. The minimum Gasteiger partial charge on any atom is -0.371 e. The average molecular weight is 346 g/mol. The fourth-order valence-corrected chi connectivity index (χ4v) is 3.93. The van der Waals surface area contributed by atoms with Crippen LogP contribution in [0.2, 0.25) is 0 Å². The number of amides is 2. The highest BCUT2D eigenvalue weighted by atomic mass is 32.2. The number of ether oxygens (including phenoxy) is 2. The number of nitrogens with zero attached hydrogens (tertiary/aromatic N) is 1. The lowest BCUT2D eigenvalue weighted by Gasteiger charge is -2.38. The summed E-state index contributed by atoms with van der Waals surface area (Å²) >= 11 is 0.935. The van der Waals surface area contributed by atoms with Gasteiger partial charge >= 0.3 is 0 Å². The first-order valence-electron chi connectivity index (χ1n) is 8.01. The Labute approximate surface area is 144 Å². The summed E-state index contributed by atoms with van der Waals surface area (Å²) in [6.07, 6.45) is 3.48. The minimum atomic E-state index is -0.361. The quantitative estimate of drug-likeness (QED) is 0.829. The number of anilines is 1. The van der Waals surface area contributed by atoms with Gasteiger partial charge < -0.3 is 14.4 Å². The zero-order chi connectivity index (χ0) is 16.6. The van der Waals surface area contributed by atoms with E-state index in [1.807, 2.05) is 24.3 Å². The molecule has 126 valence electrons. The van der Waals surface area contributed by atoms with Gasteiger partial charge in [-0.25, -0.2) is 0 Å². The van der Waals surface area contributed by atoms with Crippen molar-refractivity contribution in [3.05, 3.63) is 34.7 Å². The Morgan fingerprint density at radius 1 is 1.08 bits per heavy atom. The van der Waals surface area contributed by atoms with Crippen molar-refractivity contribution in [2.24, 2.45) is 0 Å². The Kier molecular flexibility index (Phi) is 4.07. The number of hydrogen-bond acceptors (Lipinski definition) is 6. The maximum atomic E-state index is 11.6. The summed E-state index contributed by atoms with van der Waals surface area (Å²) in [5.74, 6) is -0.688. The highest BCUT2D eigenvalue weighted by molar-refractivity contribution is 8.18. The molecule has 0 unspecified atom stereocenters. The molecule has 3 aliphatic heterocycles. The first-order valence-corrected chi connectivity index (χ1v) is 8.83. The van der Waals surface area contributed by atoms with Crippen LogP contribution in [0.15, 0.2) is 29.2 Å². The van der Waals surface area contributed by atoms with E-state index in [1.54, 1.807) is 6.08 Å². The molecule has 3 heterocycles. The molecular formula is C17H18N2O4S. The van der Waals surface area contributed by atoms with Crippen molar-refractivity contribution in [2.45, 2.75) is 18.6 Å². The molecule has 6 nitrogen and oxygen atoms in total. The average Bonchev–Trinajstić information content (AvgIpc) is 3.16. The van der Waals surface area contributed by atoms with E-state index in [-0.39, 0.29) is 16.9 Å². The van der Waals surface area contributed by atoms with Crippen LogP contribution < -0.4 is 10.2 Å². The van der Waals surface area contributed by atoms with Gasteiger partial charge in [0, 0.05) is 31.6 Å². The van der Waals surface area contributed by atoms with Gasteiger partial charge in [0.15, 0.2) is 5.79 Å². The summed E-state index contributed by atoms with van der Waals surface area (Å²) in [5, 5.41) is 1.94. The van der Waals surface area contributed by atoms with Gasteiger partial charge in [-0.15, -0.1) is 0 Å². The maximum absolute atomic E-state index is 11.6. The van der Waals surface area contributed by atoms with Crippen LogP contribution >= 0.6 is 11.8 Å². The summed E-state index contributed by atoms with van der Waals surface area (Å²) in [6, 6.07) is 8.01. The zero-order valence-electron chi connectivity index (χ0n) is 13.1. The molecule has 3 aliphatic rings. The van der Waals surface area contributed by atoms with E-state index in [4.69, 9.17) is 9.47 Å². The third-order valence-corrected chi connectivity index (χ3v) is 5.35. The second-order valence-electron chi connectivity index (χ2n) is 6.04. The molecule has 7 heteroatoms. The molecule has 24 heavy (non-hydrogen) atoms. The third-order valence-electron chi connectivity index (χ3n) is 4.54. The zero-order valence-corrected chi connectivity index (χ0v) is 13.9. The van der Waals surface area contributed by atoms with Crippen molar-refractivity contribution < 1.29 is 19.1 Å². The Morgan fingerprint density at radius 3 is 2.33 bits per heavy atom. The molecule has 0 aromatic heterocycles. The number of imide groups is 1. The standard InChI is InChI=1S/C17H18N2O4S/c20-15-14(24-16(21)18-15)11-12-1-3-13(4-2-12)19-7-5-17(6-8-19)22-9-10-23-17/h1-4,11H,5-10H2,(H,18,20,21). The summed E-state index contributed by atoms with van der Waals surface area (Å²) in [4.78, 5) is 25.5. The number of benzene rings is 1. The van der Waals surface area contributed by atoms with Crippen LogP contribution in [-0.4, -0.2) is 43.2 Å². The highest BCUT2D eigenvalue weighted by Gasteiger charge is 2.39. The minimum absolute atomic E-state index is 0.318. The molecule has 4 rings (SSSR count). The molecule has 1 aromatic rings. The van der Waals surface area contributed by atoms with Gasteiger partial charge in [0.1, 0.15) is 0 Å². The van der Waals surface area contributed by atoms with Crippen molar-refractivity contribution in [3.8, 4) is 0 Å². The van der Waals surface area contributed by atoms with E-state index < -0.39 is 0 Å². The van der Waals surface area contributed by atoms with Gasteiger partial charge in [-0.05, 0) is 35.5 Å². The molecule has 0 saturated carbocycles. The Balaban J connectivity index is 1.42. The van der Waals surface area contributed by atoms with E-state index in [0.29, 0.717) is 18.1 Å². The van der Waals surface area contributed by atoms with Gasteiger partial charge in [0.25, 0.3) is 11.1 Å². The van der Waals surface area contributed by atoms with Gasteiger partial charge in [0.2, 0.25) is 0 Å². The van der Waals surface area contributed by atoms with Crippen molar-refractivity contribution >= 4 is 34.7 Å². The van der Waals surface area contributed by atoms with E-state index >= 15 is 0 Å². The number of carbonyl (C=O) groups excluding carboxylic acids is 2. The normalized spacial score (nSPS) is 24.8. The van der Waals surface area contributed by atoms with Crippen LogP contribution in [0.1, 0.15) is 18.4 Å². The van der Waals surface area contributed by atoms with E-state index in [9.17, 15) is 9.59 Å². The van der Waals surface area contributed by atoms with Gasteiger partial charge in [0.05, 0.1) is 18.1 Å². The number of rotatable bonds is 2. The largest absolute Gasteiger partial charge is 0.371 e. The summed E-state index contributed by atoms with van der Waals surface area (Å²) < 4.78 is 11.5. The monoisotopic (exact) mass is 346 g/mol. The van der Waals surface area contributed by atoms with Gasteiger partial charge in [-0.1, -0.05) is 12.1 Å². The van der Waals surface area contributed by atoms with E-state index in [1.165, 1.54) is 0 Å². The maximum Gasteiger partial charge on any atom is 0.290 e. The predicted molar refractivity (Wildman–Crippen MR) is 91.6 cm³/mol. The Bertz CT molecular complexity index is 685. The molecule has 0 aliphatic carbocycles. The molecule has 1 aromatic carbocycles. The summed E-state index contributed by atoms with van der Waals surface area (Å²) in [7, 11) is 0. The number of thioether (sulfide) groups is 1. The van der Waals surface area contributed by atoms with Gasteiger partial charge in [-0.3, -0.25) is 14.9 Å². The fraction of sp³-hybridized carbons (Fsp3) is 0.412. The summed E-state index contributed by atoms with van der Waals surface area (Å²) in [6.45, 7) is 3.18. The molecular weight excluding hydrogens is 328 g/mol. The SMILES string of the molecule is O=C1NC(=O)C(=Cc2ccc(N3CCC4(CC3)OCCO4)cc2)S1. The van der Waals surface area contributed by atoms with Crippen LogP contribution in [0.5, 0.6) is 0 Å². The third kappa shape index (κ3) is 3.07. The Hall–Kier alpha value is -1.83. The highest BCUT2D eigenvalue weighted by Crippen LogP contribution is 2.33. The predicted octanol–water partition coefficient (Wildman–Crippen LogP) is 2.35. The molecule has 3 fully saturated rings. The molecule has 0 radical (unpaired) electrons. The number of carbonyl (C=O) groups is 2. The number of piperidine rings is 1. The molecule has 1 N–H and O–H groups in total. The van der Waals surface area contributed by atoms with Crippen LogP contribution in [0.3, 0.4) is 0 Å². The lowest BCUT2D eigenvalue weighted by Crippen LogP contribution is -2.45. The lowest BCUT2D eigenvalue weighted by atomic mass is 10.0. The molecule has 0 atom stereocenters. The number of nitrogens with one attached hydrogen (secondary N) is 1. The molecule has 1 spiro atoms. The van der Waals surface area contributed by atoms with Crippen LogP contribution in [-0.2, 0) is 14.3 Å². The molecule has 2 amide bonds. The topological polar surface area (TPSA) is 67.9 Å².